The second-order valence-electron chi connectivity index (χ2n) is 6.76. The van der Waals surface area contributed by atoms with E-state index in [1.165, 1.54) is 0 Å². The maximum Gasteiger partial charge on any atom is 0.321 e. The second-order valence-corrected chi connectivity index (χ2v) is 7.14. The van der Waals surface area contributed by atoms with Gasteiger partial charge in [0, 0.05) is 42.8 Å². The number of carbonyl (C=O) groups is 2. The van der Waals surface area contributed by atoms with E-state index < -0.39 is 0 Å². The molecule has 0 spiro atoms. The molecule has 1 aromatic carbocycles. The lowest BCUT2D eigenvalue weighted by Crippen LogP contribution is -2.48. The van der Waals surface area contributed by atoms with Crippen LogP contribution in [0.15, 0.2) is 12.1 Å². The Hall–Kier alpha value is -1.75. The van der Waals surface area contributed by atoms with Gasteiger partial charge in [0.2, 0.25) is 5.91 Å². The highest BCUT2D eigenvalue weighted by Crippen LogP contribution is 2.26. The van der Waals surface area contributed by atoms with Crippen LogP contribution in [0.4, 0.5) is 10.5 Å². The second kappa shape index (κ2) is 7.01. The van der Waals surface area contributed by atoms with E-state index in [0.717, 1.165) is 47.6 Å². The lowest BCUT2D eigenvalue weighted by molar-refractivity contribution is -0.130. The summed E-state index contributed by atoms with van der Waals surface area (Å²) in [5, 5.41) is 3.70. The first-order chi connectivity index (χ1) is 11.5. The Morgan fingerprint density at radius 3 is 2.33 bits per heavy atom. The smallest absolute Gasteiger partial charge is 0.321 e. The van der Waals surface area contributed by atoms with Crippen molar-refractivity contribution in [3.63, 3.8) is 0 Å². The molecule has 130 valence electrons. The molecule has 3 amide bonds. The van der Waals surface area contributed by atoms with Crippen LogP contribution in [0, 0.1) is 13.8 Å². The van der Waals surface area contributed by atoms with E-state index in [1.807, 2.05) is 35.8 Å². The summed E-state index contributed by atoms with van der Waals surface area (Å²) in [5.74, 6) is 0.269. The van der Waals surface area contributed by atoms with Gasteiger partial charge >= 0.3 is 6.03 Å². The number of urea groups is 1. The molecule has 0 bridgehead atoms. The summed E-state index contributed by atoms with van der Waals surface area (Å²) in [6, 6.07) is 4.00. The normalized spacial score (nSPS) is 19.0. The summed E-state index contributed by atoms with van der Waals surface area (Å²) in [6.07, 6.45) is 3.36. The Labute approximate surface area is 147 Å². The maximum atomic E-state index is 12.5. The number of benzene rings is 1. The Morgan fingerprint density at radius 2 is 1.79 bits per heavy atom. The van der Waals surface area contributed by atoms with Crippen LogP contribution >= 0.6 is 11.6 Å². The van der Waals surface area contributed by atoms with E-state index in [2.05, 4.69) is 5.32 Å². The topological polar surface area (TPSA) is 52.7 Å². The maximum absolute atomic E-state index is 12.5. The van der Waals surface area contributed by atoms with Crippen molar-refractivity contribution in [3.8, 4) is 0 Å². The number of likely N-dealkylation sites (tertiary alicyclic amines) is 2. The number of nitrogens with zero attached hydrogens (tertiary/aromatic N) is 2. The molecular formula is C18H24ClN3O2. The van der Waals surface area contributed by atoms with E-state index in [-0.39, 0.29) is 11.9 Å². The van der Waals surface area contributed by atoms with Crippen molar-refractivity contribution < 1.29 is 9.59 Å². The number of carbonyl (C=O) groups excluding carboxylic acids is 2. The molecule has 1 N–H and O–H groups in total. The molecular weight excluding hydrogens is 326 g/mol. The summed E-state index contributed by atoms with van der Waals surface area (Å²) in [7, 11) is 0. The van der Waals surface area contributed by atoms with Gasteiger partial charge in [0.05, 0.1) is 0 Å². The molecule has 0 radical (unpaired) electrons. The number of piperidine rings is 1. The minimum atomic E-state index is -0.0812. The number of amides is 3. The molecule has 2 saturated heterocycles. The fraction of sp³-hybridized carbons (Fsp3) is 0.556. The zero-order valence-corrected chi connectivity index (χ0v) is 15.0. The van der Waals surface area contributed by atoms with Crippen LogP contribution in [-0.4, -0.2) is 47.4 Å². The molecule has 2 aliphatic heterocycles. The minimum Gasteiger partial charge on any atom is -0.340 e. The Bertz CT molecular complexity index is 631. The van der Waals surface area contributed by atoms with Gasteiger partial charge in [0.15, 0.2) is 0 Å². The van der Waals surface area contributed by atoms with Gasteiger partial charge in [-0.3, -0.25) is 4.79 Å². The van der Waals surface area contributed by atoms with E-state index in [1.54, 1.807) is 0 Å². The van der Waals surface area contributed by atoms with Crippen molar-refractivity contribution in [1.82, 2.24) is 9.80 Å². The molecule has 5 nitrogen and oxygen atoms in total. The van der Waals surface area contributed by atoms with Crippen molar-refractivity contribution in [2.45, 2.75) is 45.6 Å². The van der Waals surface area contributed by atoms with Gasteiger partial charge in [-0.2, -0.15) is 0 Å². The third-order valence-electron chi connectivity index (χ3n) is 4.99. The largest absolute Gasteiger partial charge is 0.340 e. The van der Waals surface area contributed by atoms with Crippen molar-refractivity contribution in [2.75, 3.05) is 25.0 Å². The molecule has 3 rings (SSSR count). The predicted molar refractivity (Wildman–Crippen MR) is 95.5 cm³/mol. The lowest BCUT2D eigenvalue weighted by atomic mass is 10.0. The molecule has 0 aromatic heterocycles. The molecule has 0 atom stereocenters. The lowest BCUT2D eigenvalue weighted by Gasteiger charge is -2.36. The van der Waals surface area contributed by atoms with Gasteiger partial charge in [-0.25, -0.2) is 4.79 Å². The van der Waals surface area contributed by atoms with Gasteiger partial charge in [-0.1, -0.05) is 11.6 Å². The molecule has 0 unspecified atom stereocenters. The summed E-state index contributed by atoms with van der Waals surface area (Å²) in [5.41, 5.74) is 2.69. The average molecular weight is 350 g/mol. The van der Waals surface area contributed by atoms with Gasteiger partial charge in [0.1, 0.15) is 0 Å². The number of halogens is 1. The number of rotatable bonds is 2. The fourth-order valence-corrected chi connectivity index (χ4v) is 3.77. The van der Waals surface area contributed by atoms with Crippen LogP contribution in [0.5, 0.6) is 0 Å². The quantitative estimate of drug-likeness (QED) is 0.887. The number of aryl methyl sites for hydroxylation is 2. The third-order valence-corrected chi connectivity index (χ3v) is 5.59. The first kappa shape index (κ1) is 17.1. The van der Waals surface area contributed by atoms with Crippen LogP contribution < -0.4 is 5.32 Å². The molecule has 2 fully saturated rings. The molecule has 0 aliphatic carbocycles. The standard InChI is InChI=1S/C18H24ClN3O2/c1-12-10-14(11-13(2)17(12)19)20-18(24)21-8-5-15(6-9-21)22-7-3-4-16(22)23/h10-11,15H,3-9H2,1-2H3,(H,20,24). The fourth-order valence-electron chi connectivity index (χ4n) is 3.66. The Kier molecular flexibility index (Phi) is 4.99. The molecule has 1 aromatic rings. The molecule has 2 heterocycles. The van der Waals surface area contributed by atoms with Crippen LogP contribution in [-0.2, 0) is 4.79 Å². The Morgan fingerprint density at radius 1 is 1.17 bits per heavy atom. The van der Waals surface area contributed by atoms with Gasteiger partial charge in [0.25, 0.3) is 0 Å². The number of hydrogen-bond acceptors (Lipinski definition) is 2. The molecule has 2 aliphatic rings. The molecule has 0 saturated carbocycles. The SMILES string of the molecule is Cc1cc(NC(=O)N2CCC(N3CCCC3=O)CC2)cc(C)c1Cl. The van der Waals surface area contributed by atoms with Gasteiger partial charge < -0.3 is 15.1 Å². The summed E-state index contributed by atoms with van der Waals surface area (Å²) in [4.78, 5) is 28.1. The van der Waals surface area contributed by atoms with Crippen LogP contribution in [0.3, 0.4) is 0 Å². The highest BCUT2D eigenvalue weighted by atomic mass is 35.5. The van der Waals surface area contributed by atoms with Crippen molar-refractivity contribution >= 4 is 29.2 Å². The first-order valence-electron chi connectivity index (χ1n) is 8.58. The van der Waals surface area contributed by atoms with Crippen LogP contribution in [0.1, 0.15) is 36.8 Å². The first-order valence-corrected chi connectivity index (χ1v) is 8.95. The minimum absolute atomic E-state index is 0.0812. The molecule has 24 heavy (non-hydrogen) atoms. The van der Waals surface area contributed by atoms with E-state index in [0.29, 0.717) is 25.6 Å². The monoisotopic (exact) mass is 349 g/mol. The summed E-state index contributed by atoms with van der Waals surface area (Å²) < 4.78 is 0. The van der Waals surface area contributed by atoms with E-state index in [4.69, 9.17) is 11.6 Å². The van der Waals surface area contributed by atoms with Crippen molar-refractivity contribution in [3.05, 3.63) is 28.3 Å². The summed E-state index contributed by atoms with van der Waals surface area (Å²) >= 11 is 6.17. The average Bonchev–Trinajstić information content (AvgIpc) is 2.98. The van der Waals surface area contributed by atoms with Gasteiger partial charge in [-0.05, 0) is 56.4 Å². The number of hydrogen-bond donors (Lipinski definition) is 1. The van der Waals surface area contributed by atoms with Crippen LogP contribution in [0.2, 0.25) is 5.02 Å². The number of nitrogens with one attached hydrogen (secondary N) is 1. The van der Waals surface area contributed by atoms with E-state index >= 15 is 0 Å². The van der Waals surface area contributed by atoms with Crippen molar-refractivity contribution in [2.24, 2.45) is 0 Å². The highest BCUT2D eigenvalue weighted by molar-refractivity contribution is 6.32. The highest BCUT2D eigenvalue weighted by Gasteiger charge is 2.31. The Balaban J connectivity index is 1.56. The number of anilines is 1. The molecule has 6 heteroatoms. The summed E-state index contributed by atoms with van der Waals surface area (Å²) in [6.45, 7) is 6.11. The zero-order chi connectivity index (χ0) is 17.3. The third kappa shape index (κ3) is 3.51. The van der Waals surface area contributed by atoms with E-state index in [9.17, 15) is 9.59 Å². The van der Waals surface area contributed by atoms with Crippen LogP contribution in [0.25, 0.3) is 0 Å². The van der Waals surface area contributed by atoms with Crippen molar-refractivity contribution in [1.29, 1.82) is 0 Å². The van der Waals surface area contributed by atoms with Gasteiger partial charge in [-0.15, -0.1) is 0 Å². The predicted octanol–water partition coefficient (Wildman–Crippen LogP) is 3.58. The zero-order valence-electron chi connectivity index (χ0n) is 14.3.